The van der Waals surface area contributed by atoms with Gasteiger partial charge in [0.15, 0.2) is 0 Å². The minimum absolute atomic E-state index is 0.284. The number of nitrogens with one attached hydrogen (secondary N) is 1. The lowest BCUT2D eigenvalue weighted by molar-refractivity contribution is 0.283. The molecule has 0 aromatic carbocycles. The highest BCUT2D eigenvalue weighted by atomic mass is 16.2. The fourth-order valence-electron chi connectivity index (χ4n) is 1.74. The van der Waals surface area contributed by atoms with Crippen LogP contribution in [0, 0.1) is 6.92 Å². The van der Waals surface area contributed by atoms with Gasteiger partial charge in [-0.2, -0.15) is 5.10 Å². The molecule has 0 spiro atoms. The Bertz CT molecular complexity index is 307. The number of aromatic nitrogens is 2. The molecular formula is C12H23N3O. The van der Waals surface area contributed by atoms with Crippen molar-refractivity contribution in [1.82, 2.24) is 15.1 Å². The molecule has 0 aliphatic rings. The van der Waals surface area contributed by atoms with Crippen molar-refractivity contribution in [3.8, 4) is 0 Å². The van der Waals surface area contributed by atoms with Crippen molar-refractivity contribution < 1.29 is 5.11 Å². The van der Waals surface area contributed by atoms with Gasteiger partial charge in [-0.05, 0) is 40.2 Å². The van der Waals surface area contributed by atoms with Crippen LogP contribution in [0.3, 0.4) is 0 Å². The summed E-state index contributed by atoms with van der Waals surface area (Å²) in [6.07, 6.45) is 3.83. The number of aliphatic hydroxyl groups is 1. The van der Waals surface area contributed by atoms with Gasteiger partial charge in [-0.25, -0.2) is 0 Å². The first-order valence-corrected chi connectivity index (χ1v) is 6.01. The zero-order chi connectivity index (χ0) is 12.0. The molecule has 1 rings (SSSR count). The molecule has 2 N–H and O–H groups in total. The lowest BCUT2D eigenvalue weighted by atomic mass is 10.2. The summed E-state index contributed by atoms with van der Waals surface area (Å²) in [5, 5.41) is 16.4. The summed E-state index contributed by atoms with van der Waals surface area (Å²) < 4.78 is 2.05. The van der Waals surface area contributed by atoms with Gasteiger partial charge in [0.05, 0.1) is 6.20 Å². The van der Waals surface area contributed by atoms with Crippen molar-refractivity contribution in [3.63, 3.8) is 0 Å². The number of hydrogen-bond donors (Lipinski definition) is 2. The van der Waals surface area contributed by atoms with Crippen LogP contribution in [0.15, 0.2) is 6.20 Å². The van der Waals surface area contributed by atoms with Crippen LogP contribution in [0.2, 0.25) is 0 Å². The summed E-state index contributed by atoms with van der Waals surface area (Å²) in [6, 6.07) is 0.420. The highest BCUT2D eigenvalue weighted by Crippen LogP contribution is 2.12. The average Bonchev–Trinajstić information content (AvgIpc) is 2.60. The van der Waals surface area contributed by atoms with E-state index >= 15 is 0 Å². The molecule has 0 saturated heterocycles. The molecule has 0 amide bonds. The second kappa shape index (κ2) is 6.66. The van der Waals surface area contributed by atoms with Crippen LogP contribution in [0.5, 0.6) is 0 Å². The van der Waals surface area contributed by atoms with Crippen LogP contribution < -0.4 is 5.32 Å². The summed E-state index contributed by atoms with van der Waals surface area (Å²) in [6.45, 7) is 8.48. The Morgan fingerprint density at radius 1 is 1.44 bits per heavy atom. The molecule has 0 radical (unpaired) electrons. The smallest absolute Gasteiger partial charge is 0.0537 e. The topological polar surface area (TPSA) is 50.1 Å². The zero-order valence-corrected chi connectivity index (χ0v) is 10.5. The van der Waals surface area contributed by atoms with Crippen molar-refractivity contribution in [3.05, 3.63) is 17.5 Å². The maximum absolute atomic E-state index is 8.65. The molecule has 0 fully saturated rings. The van der Waals surface area contributed by atoms with E-state index in [4.69, 9.17) is 5.11 Å². The highest BCUT2D eigenvalue weighted by molar-refractivity contribution is 5.16. The van der Waals surface area contributed by atoms with E-state index < -0.39 is 0 Å². The molecule has 4 heteroatoms. The van der Waals surface area contributed by atoms with Gasteiger partial charge >= 0.3 is 0 Å². The maximum atomic E-state index is 8.65. The molecule has 0 bridgehead atoms. The SMILES string of the molecule is Cc1c(CNCCCCO)cnn1C(C)C. The third kappa shape index (κ3) is 3.61. The van der Waals surface area contributed by atoms with E-state index in [1.54, 1.807) is 0 Å². The van der Waals surface area contributed by atoms with Gasteiger partial charge < -0.3 is 10.4 Å². The minimum Gasteiger partial charge on any atom is -0.396 e. The molecular weight excluding hydrogens is 202 g/mol. The monoisotopic (exact) mass is 225 g/mol. The van der Waals surface area contributed by atoms with Gasteiger partial charge in [0.25, 0.3) is 0 Å². The molecule has 4 nitrogen and oxygen atoms in total. The third-order valence-electron chi connectivity index (χ3n) is 2.71. The lowest BCUT2D eigenvalue weighted by Crippen LogP contribution is -2.15. The van der Waals surface area contributed by atoms with Crippen LogP contribution in [0.1, 0.15) is 44.0 Å². The molecule has 1 aromatic heterocycles. The van der Waals surface area contributed by atoms with Crippen molar-refractivity contribution in [1.29, 1.82) is 0 Å². The zero-order valence-electron chi connectivity index (χ0n) is 10.5. The predicted octanol–water partition coefficient (Wildman–Crippen LogP) is 1.63. The van der Waals surface area contributed by atoms with E-state index in [0.717, 1.165) is 25.9 Å². The van der Waals surface area contributed by atoms with Gasteiger partial charge in [0.2, 0.25) is 0 Å². The average molecular weight is 225 g/mol. The Kier molecular flexibility index (Phi) is 5.49. The molecule has 1 heterocycles. The van der Waals surface area contributed by atoms with E-state index in [-0.39, 0.29) is 6.61 Å². The van der Waals surface area contributed by atoms with Gasteiger partial charge in [0.1, 0.15) is 0 Å². The molecule has 16 heavy (non-hydrogen) atoms. The van der Waals surface area contributed by atoms with Crippen molar-refractivity contribution in [2.75, 3.05) is 13.2 Å². The van der Waals surface area contributed by atoms with E-state index in [1.807, 2.05) is 10.9 Å². The first-order valence-electron chi connectivity index (χ1n) is 6.01. The number of unbranched alkanes of at least 4 members (excludes halogenated alkanes) is 1. The van der Waals surface area contributed by atoms with Crippen LogP contribution in [0.25, 0.3) is 0 Å². The second-order valence-electron chi connectivity index (χ2n) is 4.40. The van der Waals surface area contributed by atoms with Gasteiger partial charge in [-0.15, -0.1) is 0 Å². The minimum atomic E-state index is 0.284. The highest BCUT2D eigenvalue weighted by Gasteiger charge is 2.07. The van der Waals surface area contributed by atoms with Crippen molar-refractivity contribution in [2.45, 2.75) is 46.2 Å². The first kappa shape index (κ1) is 13.2. The summed E-state index contributed by atoms with van der Waals surface area (Å²) in [4.78, 5) is 0. The Hall–Kier alpha value is -0.870. The van der Waals surface area contributed by atoms with Crippen LogP contribution >= 0.6 is 0 Å². The fourth-order valence-corrected chi connectivity index (χ4v) is 1.74. The standard InChI is InChI=1S/C12H23N3O/c1-10(2)15-11(3)12(9-14-15)8-13-6-4-5-7-16/h9-10,13,16H,4-8H2,1-3H3. The molecule has 0 aliphatic heterocycles. The number of rotatable bonds is 7. The van der Waals surface area contributed by atoms with Crippen molar-refractivity contribution in [2.24, 2.45) is 0 Å². The summed E-state index contributed by atoms with van der Waals surface area (Å²) in [5.41, 5.74) is 2.50. The Balaban J connectivity index is 2.37. The Labute approximate surface area is 97.7 Å². The van der Waals surface area contributed by atoms with Gasteiger partial charge in [0, 0.05) is 30.5 Å². The molecule has 0 aliphatic carbocycles. The third-order valence-corrected chi connectivity index (χ3v) is 2.71. The molecule has 1 aromatic rings. The first-order chi connectivity index (χ1) is 7.66. The Morgan fingerprint density at radius 2 is 2.19 bits per heavy atom. The van der Waals surface area contributed by atoms with E-state index in [0.29, 0.717) is 6.04 Å². The maximum Gasteiger partial charge on any atom is 0.0537 e. The quantitative estimate of drug-likeness (QED) is 0.694. The van der Waals surface area contributed by atoms with E-state index in [2.05, 4.69) is 31.2 Å². The lowest BCUT2D eigenvalue weighted by Gasteiger charge is -2.09. The largest absolute Gasteiger partial charge is 0.396 e. The Morgan fingerprint density at radius 3 is 2.75 bits per heavy atom. The number of nitrogens with zero attached hydrogens (tertiary/aromatic N) is 2. The van der Waals surface area contributed by atoms with Crippen LogP contribution in [-0.2, 0) is 6.54 Å². The van der Waals surface area contributed by atoms with Crippen LogP contribution in [-0.4, -0.2) is 28.0 Å². The van der Waals surface area contributed by atoms with Gasteiger partial charge in [-0.1, -0.05) is 0 Å². The second-order valence-corrected chi connectivity index (χ2v) is 4.40. The number of aliphatic hydroxyl groups excluding tert-OH is 1. The van der Waals surface area contributed by atoms with Crippen molar-refractivity contribution >= 4 is 0 Å². The molecule has 0 unspecified atom stereocenters. The van der Waals surface area contributed by atoms with E-state index in [9.17, 15) is 0 Å². The van der Waals surface area contributed by atoms with E-state index in [1.165, 1.54) is 11.3 Å². The summed E-state index contributed by atoms with van der Waals surface area (Å²) in [7, 11) is 0. The summed E-state index contributed by atoms with van der Waals surface area (Å²) in [5.74, 6) is 0. The fraction of sp³-hybridized carbons (Fsp3) is 0.750. The normalized spacial score (nSPS) is 11.3. The number of hydrogen-bond acceptors (Lipinski definition) is 3. The molecule has 0 saturated carbocycles. The van der Waals surface area contributed by atoms with Gasteiger partial charge in [-0.3, -0.25) is 4.68 Å². The molecule has 92 valence electrons. The molecule has 0 atom stereocenters. The van der Waals surface area contributed by atoms with Crippen LogP contribution in [0.4, 0.5) is 0 Å². The predicted molar refractivity (Wildman–Crippen MR) is 65.4 cm³/mol. The summed E-state index contributed by atoms with van der Waals surface area (Å²) >= 11 is 0.